The van der Waals surface area contributed by atoms with E-state index in [1.807, 2.05) is 0 Å². The van der Waals surface area contributed by atoms with Gasteiger partial charge in [0.25, 0.3) is 5.69 Å². The zero-order chi connectivity index (χ0) is 19.3. The normalized spacial score (nSPS) is 19.7. The molecular formula is C15H17F2N3O6. The van der Waals surface area contributed by atoms with Gasteiger partial charge >= 0.3 is 18.6 Å². The molecule has 3 N–H and O–H groups in total. The van der Waals surface area contributed by atoms with Crippen molar-refractivity contribution in [3.63, 3.8) is 0 Å². The lowest BCUT2D eigenvalue weighted by atomic mass is 9.86. The maximum absolute atomic E-state index is 12.4. The topological polar surface area (TPSA) is 131 Å². The van der Waals surface area contributed by atoms with Gasteiger partial charge in [-0.1, -0.05) is 0 Å². The Morgan fingerprint density at radius 3 is 2.46 bits per heavy atom. The molecule has 1 aromatic rings. The number of anilines is 1. The SMILES string of the molecule is O=C(Nc1cc([N+](=O)[O-])ccc1OC(F)F)NC1CCC(C(=O)O)CC1. The number of aliphatic carboxylic acids is 1. The fraction of sp³-hybridized carbons (Fsp3) is 0.467. The van der Waals surface area contributed by atoms with Crippen molar-refractivity contribution in [3.05, 3.63) is 28.3 Å². The molecule has 2 amide bonds. The predicted molar refractivity (Wildman–Crippen MR) is 85.3 cm³/mol. The minimum absolute atomic E-state index is 0.267. The Morgan fingerprint density at radius 2 is 1.92 bits per heavy atom. The number of carbonyl (C=O) groups is 2. The molecule has 0 spiro atoms. The standard InChI is InChI=1S/C15H17F2N3O6/c16-14(17)26-12-6-5-10(20(24)25)7-11(12)19-15(23)18-9-3-1-8(2-4-9)13(21)22/h5-9,14H,1-4H2,(H,21,22)(H2,18,19,23). The minimum atomic E-state index is -3.16. The van der Waals surface area contributed by atoms with Crippen molar-refractivity contribution in [1.82, 2.24) is 5.32 Å². The summed E-state index contributed by atoms with van der Waals surface area (Å²) >= 11 is 0. The Hall–Kier alpha value is -2.98. The molecule has 26 heavy (non-hydrogen) atoms. The van der Waals surface area contributed by atoms with Crippen LogP contribution in [0.4, 0.5) is 25.0 Å². The van der Waals surface area contributed by atoms with Crippen LogP contribution in [0.5, 0.6) is 5.75 Å². The van der Waals surface area contributed by atoms with E-state index in [4.69, 9.17) is 5.11 Å². The molecule has 1 aliphatic carbocycles. The smallest absolute Gasteiger partial charge is 0.387 e. The van der Waals surface area contributed by atoms with E-state index in [1.54, 1.807) is 0 Å². The maximum atomic E-state index is 12.4. The lowest BCUT2D eigenvalue weighted by Crippen LogP contribution is -2.41. The van der Waals surface area contributed by atoms with Gasteiger partial charge < -0.3 is 20.5 Å². The van der Waals surface area contributed by atoms with Crippen LogP contribution in [0.15, 0.2) is 18.2 Å². The van der Waals surface area contributed by atoms with Gasteiger partial charge in [0.1, 0.15) is 5.75 Å². The predicted octanol–water partition coefficient (Wildman–Crippen LogP) is 2.96. The number of nitro benzene ring substituents is 1. The van der Waals surface area contributed by atoms with E-state index in [1.165, 1.54) is 0 Å². The largest absolute Gasteiger partial charge is 0.481 e. The summed E-state index contributed by atoms with van der Waals surface area (Å²) in [5.41, 5.74) is -0.667. The quantitative estimate of drug-likeness (QED) is 0.519. The zero-order valence-corrected chi connectivity index (χ0v) is 13.5. The number of nitro groups is 1. The lowest BCUT2D eigenvalue weighted by molar-refractivity contribution is -0.384. The average Bonchev–Trinajstić information content (AvgIpc) is 2.56. The number of halogens is 2. The Kier molecular flexibility index (Phi) is 6.26. The third-order valence-corrected chi connectivity index (χ3v) is 4.05. The van der Waals surface area contributed by atoms with Crippen LogP contribution in [0.1, 0.15) is 25.7 Å². The number of carbonyl (C=O) groups excluding carboxylic acids is 1. The number of rotatable bonds is 6. The molecular weight excluding hydrogens is 356 g/mol. The molecule has 1 aliphatic rings. The highest BCUT2D eigenvalue weighted by molar-refractivity contribution is 5.91. The summed E-state index contributed by atoms with van der Waals surface area (Å²) in [6, 6.07) is 1.84. The second-order valence-corrected chi connectivity index (χ2v) is 5.80. The maximum Gasteiger partial charge on any atom is 0.387 e. The molecule has 1 saturated carbocycles. The molecule has 142 valence electrons. The molecule has 0 unspecified atom stereocenters. The van der Waals surface area contributed by atoms with Crippen LogP contribution in [0, 0.1) is 16.0 Å². The first-order valence-electron chi connectivity index (χ1n) is 7.80. The van der Waals surface area contributed by atoms with Gasteiger partial charge in [-0.25, -0.2) is 4.79 Å². The van der Waals surface area contributed by atoms with Gasteiger partial charge in [0, 0.05) is 18.2 Å². The third kappa shape index (κ3) is 5.26. The van der Waals surface area contributed by atoms with Gasteiger partial charge in [0.05, 0.1) is 16.5 Å². The van der Waals surface area contributed by atoms with E-state index in [0.29, 0.717) is 25.7 Å². The number of nitrogens with one attached hydrogen (secondary N) is 2. The molecule has 9 nitrogen and oxygen atoms in total. The first-order valence-corrected chi connectivity index (χ1v) is 7.80. The van der Waals surface area contributed by atoms with Crippen LogP contribution >= 0.6 is 0 Å². The number of hydrogen-bond donors (Lipinski definition) is 3. The Morgan fingerprint density at radius 1 is 1.27 bits per heavy atom. The molecule has 1 aromatic carbocycles. The Balaban J connectivity index is 2.02. The second-order valence-electron chi connectivity index (χ2n) is 5.80. The van der Waals surface area contributed by atoms with E-state index < -0.39 is 40.9 Å². The highest BCUT2D eigenvalue weighted by Gasteiger charge is 2.27. The van der Waals surface area contributed by atoms with Gasteiger partial charge in [-0.05, 0) is 31.7 Å². The summed E-state index contributed by atoms with van der Waals surface area (Å²) in [6.45, 7) is -3.16. The molecule has 0 heterocycles. The zero-order valence-electron chi connectivity index (χ0n) is 13.5. The number of carboxylic acid groups (broad SMARTS) is 1. The second kappa shape index (κ2) is 8.41. The van der Waals surface area contributed by atoms with Crippen molar-refractivity contribution < 1.29 is 33.1 Å². The van der Waals surface area contributed by atoms with Crippen LogP contribution in [-0.2, 0) is 4.79 Å². The first-order chi connectivity index (χ1) is 12.3. The Labute approximate surface area is 146 Å². The number of nitrogens with zero attached hydrogens (tertiary/aromatic N) is 1. The average molecular weight is 373 g/mol. The van der Waals surface area contributed by atoms with Crippen LogP contribution in [-0.4, -0.2) is 34.7 Å². The van der Waals surface area contributed by atoms with Crippen LogP contribution in [0.2, 0.25) is 0 Å². The number of alkyl halides is 2. The van der Waals surface area contributed by atoms with Crippen molar-refractivity contribution in [2.75, 3.05) is 5.32 Å². The summed E-state index contributed by atoms with van der Waals surface area (Å²) in [7, 11) is 0. The van der Waals surface area contributed by atoms with E-state index in [-0.39, 0.29) is 11.7 Å². The lowest BCUT2D eigenvalue weighted by Gasteiger charge is -2.27. The number of benzene rings is 1. The van der Waals surface area contributed by atoms with E-state index in [0.717, 1.165) is 18.2 Å². The molecule has 11 heteroatoms. The third-order valence-electron chi connectivity index (χ3n) is 4.05. The number of non-ortho nitro benzene ring substituents is 1. The van der Waals surface area contributed by atoms with Gasteiger partial charge in [0.2, 0.25) is 0 Å². The number of carboxylic acids is 1. The van der Waals surface area contributed by atoms with Crippen molar-refractivity contribution in [2.24, 2.45) is 5.92 Å². The molecule has 0 aromatic heterocycles. The summed E-state index contributed by atoms with van der Waals surface area (Å²) in [5.74, 6) is -1.73. The summed E-state index contributed by atoms with van der Waals surface area (Å²) in [6.07, 6.45) is 1.74. The van der Waals surface area contributed by atoms with E-state index >= 15 is 0 Å². The number of ether oxygens (including phenoxy) is 1. The monoisotopic (exact) mass is 373 g/mol. The molecule has 0 aliphatic heterocycles. The van der Waals surface area contributed by atoms with Gasteiger partial charge in [-0.15, -0.1) is 0 Å². The minimum Gasteiger partial charge on any atom is -0.481 e. The molecule has 1 fully saturated rings. The van der Waals surface area contributed by atoms with Crippen molar-refractivity contribution in [1.29, 1.82) is 0 Å². The van der Waals surface area contributed by atoms with E-state index in [2.05, 4.69) is 15.4 Å². The molecule has 2 rings (SSSR count). The van der Waals surface area contributed by atoms with Gasteiger partial charge in [-0.2, -0.15) is 8.78 Å². The van der Waals surface area contributed by atoms with Crippen LogP contribution in [0.3, 0.4) is 0 Å². The molecule has 0 saturated heterocycles. The summed E-state index contributed by atoms with van der Waals surface area (Å²) in [4.78, 5) is 33.1. The fourth-order valence-electron chi connectivity index (χ4n) is 2.76. The van der Waals surface area contributed by atoms with Crippen molar-refractivity contribution in [2.45, 2.75) is 38.3 Å². The van der Waals surface area contributed by atoms with Crippen LogP contribution in [0.25, 0.3) is 0 Å². The molecule has 0 bridgehead atoms. The van der Waals surface area contributed by atoms with Crippen molar-refractivity contribution >= 4 is 23.4 Å². The number of amides is 2. The number of urea groups is 1. The van der Waals surface area contributed by atoms with Crippen molar-refractivity contribution in [3.8, 4) is 5.75 Å². The Bertz CT molecular complexity index is 692. The van der Waals surface area contributed by atoms with Gasteiger partial charge in [-0.3, -0.25) is 14.9 Å². The van der Waals surface area contributed by atoms with Crippen LogP contribution < -0.4 is 15.4 Å². The summed E-state index contributed by atoms with van der Waals surface area (Å²) in [5, 5.41) is 24.6. The summed E-state index contributed by atoms with van der Waals surface area (Å²) < 4.78 is 29.1. The van der Waals surface area contributed by atoms with E-state index in [9.17, 15) is 28.5 Å². The highest BCUT2D eigenvalue weighted by Crippen LogP contribution is 2.30. The highest BCUT2D eigenvalue weighted by atomic mass is 19.3. The molecule has 0 radical (unpaired) electrons. The number of hydrogen-bond acceptors (Lipinski definition) is 5. The molecule has 0 atom stereocenters. The van der Waals surface area contributed by atoms with Gasteiger partial charge in [0.15, 0.2) is 0 Å². The fourth-order valence-corrected chi connectivity index (χ4v) is 2.76. The first kappa shape index (κ1) is 19.3.